The molecule has 3 rings (SSSR count). The Hall–Kier alpha value is -2.25. The lowest BCUT2D eigenvalue weighted by Gasteiger charge is -2.26. The number of carbonyl (C=O) groups excluding carboxylic acids is 1. The van der Waals surface area contributed by atoms with Gasteiger partial charge >= 0.3 is 0 Å². The minimum absolute atomic E-state index is 0.195. The van der Waals surface area contributed by atoms with Crippen molar-refractivity contribution < 1.29 is 17.6 Å². The van der Waals surface area contributed by atoms with Crippen LogP contribution in [-0.2, 0) is 16.4 Å². The summed E-state index contributed by atoms with van der Waals surface area (Å²) in [5.41, 5.74) is 1.87. The predicted molar refractivity (Wildman–Crippen MR) is 106 cm³/mol. The number of carbonyl (C=O) groups is 1. The van der Waals surface area contributed by atoms with E-state index in [0.29, 0.717) is 37.2 Å². The van der Waals surface area contributed by atoms with Crippen molar-refractivity contribution >= 4 is 15.9 Å². The Bertz CT molecular complexity index is 937. The standard InChI is InChI=1S/C21H25FN2O3S/c1-16-5-8-18(15-20(16)28(26,27)24-13-3-2-4-14-24)21(25)23-12-11-17-6-9-19(22)10-7-17/h5-10,15H,2-4,11-14H2,1H3,(H,23,25). The molecule has 0 unspecified atom stereocenters. The van der Waals surface area contributed by atoms with Crippen LogP contribution in [0.1, 0.15) is 40.7 Å². The smallest absolute Gasteiger partial charge is 0.251 e. The number of sulfonamides is 1. The molecule has 28 heavy (non-hydrogen) atoms. The van der Waals surface area contributed by atoms with E-state index in [9.17, 15) is 17.6 Å². The molecule has 1 aliphatic heterocycles. The number of amides is 1. The Morgan fingerprint density at radius 3 is 2.43 bits per heavy atom. The maximum atomic E-state index is 13.0. The molecule has 1 fully saturated rings. The zero-order chi connectivity index (χ0) is 20.1. The van der Waals surface area contributed by atoms with Gasteiger partial charge in [-0.3, -0.25) is 4.79 Å². The second-order valence-corrected chi connectivity index (χ2v) is 8.98. The summed E-state index contributed by atoms with van der Waals surface area (Å²) in [5.74, 6) is -0.618. The van der Waals surface area contributed by atoms with E-state index in [1.54, 1.807) is 31.2 Å². The van der Waals surface area contributed by atoms with Gasteiger partial charge in [0.25, 0.3) is 5.91 Å². The topological polar surface area (TPSA) is 66.5 Å². The van der Waals surface area contributed by atoms with Crippen molar-refractivity contribution in [3.63, 3.8) is 0 Å². The average molecular weight is 405 g/mol. The fourth-order valence-electron chi connectivity index (χ4n) is 3.34. The largest absolute Gasteiger partial charge is 0.352 e. The van der Waals surface area contributed by atoms with Crippen molar-refractivity contribution in [3.05, 3.63) is 65.0 Å². The normalized spacial score (nSPS) is 15.4. The summed E-state index contributed by atoms with van der Waals surface area (Å²) in [6, 6.07) is 10.9. The molecule has 1 aliphatic rings. The summed E-state index contributed by atoms with van der Waals surface area (Å²) in [7, 11) is -3.60. The van der Waals surface area contributed by atoms with Crippen LogP contribution < -0.4 is 5.32 Å². The number of hydrogen-bond acceptors (Lipinski definition) is 3. The third-order valence-electron chi connectivity index (χ3n) is 5.00. The van der Waals surface area contributed by atoms with E-state index in [-0.39, 0.29) is 16.6 Å². The highest BCUT2D eigenvalue weighted by atomic mass is 32.2. The molecular weight excluding hydrogens is 379 g/mol. The van der Waals surface area contributed by atoms with Crippen LogP contribution >= 0.6 is 0 Å². The first kappa shape index (κ1) is 20.5. The number of piperidine rings is 1. The summed E-state index contributed by atoms with van der Waals surface area (Å²) in [4.78, 5) is 12.7. The molecule has 0 radical (unpaired) electrons. The number of rotatable bonds is 6. The van der Waals surface area contributed by atoms with Gasteiger partial charge in [-0.05, 0) is 61.6 Å². The lowest BCUT2D eigenvalue weighted by atomic mass is 10.1. The van der Waals surface area contributed by atoms with Gasteiger partial charge in [-0.25, -0.2) is 12.8 Å². The van der Waals surface area contributed by atoms with Crippen LogP contribution in [0.5, 0.6) is 0 Å². The first-order chi connectivity index (χ1) is 13.4. The third kappa shape index (κ3) is 4.77. The SMILES string of the molecule is Cc1ccc(C(=O)NCCc2ccc(F)cc2)cc1S(=O)(=O)N1CCCCC1. The number of benzene rings is 2. The molecule has 1 saturated heterocycles. The highest BCUT2D eigenvalue weighted by Crippen LogP contribution is 2.24. The molecule has 0 saturated carbocycles. The van der Waals surface area contributed by atoms with E-state index in [2.05, 4.69) is 5.32 Å². The lowest BCUT2D eigenvalue weighted by Crippen LogP contribution is -2.36. The Balaban J connectivity index is 1.69. The van der Waals surface area contributed by atoms with Crippen molar-refractivity contribution in [3.8, 4) is 0 Å². The number of nitrogens with one attached hydrogen (secondary N) is 1. The zero-order valence-corrected chi connectivity index (χ0v) is 16.8. The third-order valence-corrected chi connectivity index (χ3v) is 7.04. The highest BCUT2D eigenvalue weighted by Gasteiger charge is 2.28. The highest BCUT2D eigenvalue weighted by molar-refractivity contribution is 7.89. The molecule has 5 nitrogen and oxygen atoms in total. The first-order valence-electron chi connectivity index (χ1n) is 9.51. The molecule has 1 heterocycles. The quantitative estimate of drug-likeness (QED) is 0.804. The molecule has 2 aromatic carbocycles. The van der Waals surface area contributed by atoms with E-state index in [0.717, 1.165) is 24.8 Å². The van der Waals surface area contributed by atoms with E-state index in [1.807, 2.05) is 0 Å². The molecule has 2 aromatic rings. The van der Waals surface area contributed by atoms with Crippen molar-refractivity contribution in [1.29, 1.82) is 0 Å². The van der Waals surface area contributed by atoms with Gasteiger partial charge in [0.2, 0.25) is 10.0 Å². The Labute approximate surface area is 165 Å². The second kappa shape index (κ2) is 8.84. The fourth-order valence-corrected chi connectivity index (χ4v) is 5.10. The molecule has 1 N–H and O–H groups in total. The molecule has 1 amide bonds. The van der Waals surface area contributed by atoms with Gasteiger partial charge in [0.05, 0.1) is 4.90 Å². The number of hydrogen-bond donors (Lipinski definition) is 1. The van der Waals surface area contributed by atoms with E-state index >= 15 is 0 Å². The molecule has 0 bridgehead atoms. The van der Waals surface area contributed by atoms with Gasteiger partial charge < -0.3 is 5.32 Å². The van der Waals surface area contributed by atoms with Crippen LogP contribution in [-0.4, -0.2) is 38.3 Å². The molecule has 0 spiro atoms. The minimum Gasteiger partial charge on any atom is -0.352 e. The number of nitrogens with zero attached hydrogens (tertiary/aromatic N) is 1. The Morgan fingerprint density at radius 1 is 1.07 bits per heavy atom. The lowest BCUT2D eigenvalue weighted by molar-refractivity contribution is 0.0954. The summed E-state index contributed by atoms with van der Waals surface area (Å²) < 4.78 is 40.4. The van der Waals surface area contributed by atoms with Gasteiger partial charge in [-0.15, -0.1) is 0 Å². The van der Waals surface area contributed by atoms with Crippen LogP contribution in [0, 0.1) is 12.7 Å². The Kier molecular flexibility index (Phi) is 6.46. The zero-order valence-electron chi connectivity index (χ0n) is 15.9. The van der Waals surface area contributed by atoms with Crippen LogP contribution in [0.4, 0.5) is 4.39 Å². The van der Waals surface area contributed by atoms with Crippen molar-refractivity contribution in [2.75, 3.05) is 19.6 Å². The number of aryl methyl sites for hydroxylation is 1. The molecular formula is C21H25FN2O3S. The summed E-state index contributed by atoms with van der Waals surface area (Å²) >= 11 is 0. The maximum Gasteiger partial charge on any atom is 0.251 e. The molecule has 0 atom stereocenters. The monoisotopic (exact) mass is 404 g/mol. The van der Waals surface area contributed by atoms with Crippen molar-refractivity contribution in [2.45, 2.75) is 37.5 Å². The Morgan fingerprint density at radius 2 is 1.75 bits per heavy atom. The average Bonchev–Trinajstić information content (AvgIpc) is 2.70. The van der Waals surface area contributed by atoms with Crippen molar-refractivity contribution in [2.24, 2.45) is 0 Å². The van der Waals surface area contributed by atoms with Gasteiger partial charge in [0, 0.05) is 25.2 Å². The molecule has 0 aliphatic carbocycles. The van der Waals surface area contributed by atoms with Gasteiger partial charge in [-0.1, -0.05) is 24.6 Å². The van der Waals surface area contributed by atoms with Gasteiger partial charge in [-0.2, -0.15) is 4.31 Å². The van der Waals surface area contributed by atoms with E-state index in [4.69, 9.17) is 0 Å². The predicted octanol–water partition coefficient (Wildman–Crippen LogP) is 3.28. The second-order valence-electron chi connectivity index (χ2n) is 7.08. The van der Waals surface area contributed by atoms with E-state index < -0.39 is 10.0 Å². The minimum atomic E-state index is -3.60. The van der Waals surface area contributed by atoms with Crippen LogP contribution in [0.15, 0.2) is 47.4 Å². The van der Waals surface area contributed by atoms with Gasteiger partial charge in [0.15, 0.2) is 0 Å². The summed E-state index contributed by atoms with van der Waals surface area (Å²) in [6.07, 6.45) is 3.34. The van der Waals surface area contributed by atoms with Crippen LogP contribution in [0.2, 0.25) is 0 Å². The molecule has 7 heteroatoms. The first-order valence-corrected chi connectivity index (χ1v) is 11.0. The van der Waals surface area contributed by atoms with Crippen molar-refractivity contribution in [1.82, 2.24) is 9.62 Å². The summed E-state index contributed by atoms with van der Waals surface area (Å²) in [6.45, 7) is 3.17. The van der Waals surface area contributed by atoms with Gasteiger partial charge in [0.1, 0.15) is 5.82 Å². The summed E-state index contributed by atoms with van der Waals surface area (Å²) in [5, 5.41) is 2.80. The van der Waals surface area contributed by atoms with Crippen LogP contribution in [0.25, 0.3) is 0 Å². The number of halogens is 1. The molecule has 150 valence electrons. The molecule has 0 aromatic heterocycles. The van der Waals surface area contributed by atoms with E-state index in [1.165, 1.54) is 22.5 Å². The van der Waals surface area contributed by atoms with Crippen LogP contribution in [0.3, 0.4) is 0 Å². The fraction of sp³-hybridized carbons (Fsp3) is 0.381. The maximum absolute atomic E-state index is 13.0.